The van der Waals surface area contributed by atoms with E-state index in [4.69, 9.17) is 0 Å². The van der Waals surface area contributed by atoms with Gasteiger partial charge in [-0.15, -0.1) is 11.3 Å². The number of nitrogens with one attached hydrogen (secondary N) is 2. The Morgan fingerprint density at radius 3 is 2.76 bits per heavy atom. The fraction of sp³-hybridized carbons (Fsp3) is 0.269. The summed E-state index contributed by atoms with van der Waals surface area (Å²) in [5.41, 5.74) is 5.72. The first kappa shape index (κ1) is 21.9. The number of benzene rings is 2. The minimum atomic E-state index is -0.158. The van der Waals surface area contributed by atoms with Crippen LogP contribution in [0.3, 0.4) is 0 Å². The number of nitrogens with zero attached hydrogens (tertiary/aromatic N) is 1. The molecule has 0 saturated carbocycles. The van der Waals surface area contributed by atoms with Gasteiger partial charge in [0.2, 0.25) is 5.91 Å². The lowest BCUT2D eigenvalue weighted by Crippen LogP contribution is -2.28. The monoisotopic (exact) mass is 475 g/mol. The Labute approximate surface area is 200 Å². The number of thiophene rings is 1. The van der Waals surface area contributed by atoms with E-state index in [0.29, 0.717) is 15.4 Å². The van der Waals surface area contributed by atoms with Crippen molar-refractivity contribution in [3.05, 3.63) is 81.0 Å². The number of thioether (sulfide) groups is 1. The Balaban J connectivity index is 1.31. The van der Waals surface area contributed by atoms with Crippen LogP contribution < -0.4 is 10.9 Å². The largest absolute Gasteiger partial charge is 0.349 e. The van der Waals surface area contributed by atoms with Crippen molar-refractivity contribution in [3.63, 3.8) is 0 Å². The standard InChI is InChI=1S/C26H25N3O2S2/c1-16(17-7-3-2-4-8-17)27-22(30)15-33-26-28-24(31)23-21(14-32-25(23)29-26)20-12-11-18-9-5-6-10-19(18)13-20/h2-4,7-8,11-14,16H,5-6,9-10,15H2,1H3,(H,27,30)(H,28,29,31). The second kappa shape index (κ2) is 9.53. The molecule has 2 heterocycles. The van der Waals surface area contributed by atoms with E-state index in [9.17, 15) is 9.59 Å². The first-order valence-corrected chi connectivity index (χ1v) is 13.1. The van der Waals surface area contributed by atoms with E-state index in [0.717, 1.165) is 29.5 Å². The molecule has 1 unspecified atom stereocenters. The van der Waals surface area contributed by atoms with Gasteiger partial charge in [0, 0.05) is 10.9 Å². The number of hydrogen-bond donors (Lipinski definition) is 2. The number of H-pyrrole nitrogens is 1. The molecule has 7 heteroatoms. The maximum Gasteiger partial charge on any atom is 0.260 e. The maximum absolute atomic E-state index is 12.9. The molecule has 1 aliphatic rings. The Morgan fingerprint density at radius 1 is 1.15 bits per heavy atom. The third-order valence-electron chi connectivity index (χ3n) is 6.10. The molecular formula is C26H25N3O2S2. The van der Waals surface area contributed by atoms with Gasteiger partial charge < -0.3 is 10.3 Å². The zero-order chi connectivity index (χ0) is 22.8. The highest BCUT2D eigenvalue weighted by Gasteiger charge is 2.17. The van der Waals surface area contributed by atoms with Crippen LogP contribution in [0, 0.1) is 0 Å². The van der Waals surface area contributed by atoms with Crippen molar-refractivity contribution in [2.75, 3.05) is 5.75 Å². The van der Waals surface area contributed by atoms with Crippen molar-refractivity contribution in [1.82, 2.24) is 15.3 Å². The highest BCUT2D eigenvalue weighted by atomic mass is 32.2. The van der Waals surface area contributed by atoms with Gasteiger partial charge in [0.05, 0.1) is 17.2 Å². The van der Waals surface area contributed by atoms with Crippen LogP contribution in [0.1, 0.15) is 42.5 Å². The lowest BCUT2D eigenvalue weighted by molar-refractivity contribution is -0.119. The predicted octanol–water partition coefficient (Wildman–Crippen LogP) is 5.50. The van der Waals surface area contributed by atoms with Crippen LogP contribution in [0.25, 0.3) is 21.3 Å². The summed E-state index contributed by atoms with van der Waals surface area (Å²) in [7, 11) is 0. The van der Waals surface area contributed by atoms with Crippen LogP contribution in [0.15, 0.2) is 63.9 Å². The molecule has 0 radical (unpaired) electrons. The smallest absolute Gasteiger partial charge is 0.260 e. The number of aryl methyl sites for hydroxylation is 2. The van der Waals surface area contributed by atoms with Crippen LogP contribution in [0.2, 0.25) is 0 Å². The number of hydrogen-bond acceptors (Lipinski definition) is 5. The van der Waals surface area contributed by atoms with Crippen molar-refractivity contribution in [2.24, 2.45) is 0 Å². The Kier molecular flexibility index (Phi) is 6.33. The second-order valence-corrected chi connectivity index (χ2v) is 10.2. The quantitative estimate of drug-likeness (QED) is 0.285. The molecule has 0 fully saturated rings. The second-order valence-electron chi connectivity index (χ2n) is 8.38. The van der Waals surface area contributed by atoms with Crippen molar-refractivity contribution >= 4 is 39.2 Å². The summed E-state index contributed by atoms with van der Waals surface area (Å²) >= 11 is 2.72. The molecule has 33 heavy (non-hydrogen) atoms. The van der Waals surface area contributed by atoms with Crippen LogP contribution in [0.4, 0.5) is 0 Å². The fourth-order valence-electron chi connectivity index (χ4n) is 4.35. The van der Waals surface area contributed by atoms with Crippen LogP contribution >= 0.6 is 23.1 Å². The minimum absolute atomic E-state index is 0.0785. The predicted molar refractivity (Wildman–Crippen MR) is 136 cm³/mol. The zero-order valence-corrected chi connectivity index (χ0v) is 20.0. The van der Waals surface area contributed by atoms with Gasteiger partial charge in [-0.2, -0.15) is 0 Å². The van der Waals surface area contributed by atoms with Crippen molar-refractivity contribution < 1.29 is 4.79 Å². The molecule has 1 atom stereocenters. The third-order valence-corrected chi connectivity index (χ3v) is 7.84. The van der Waals surface area contributed by atoms with Gasteiger partial charge in [0.1, 0.15) is 4.83 Å². The summed E-state index contributed by atoms with van der Waals surface area (Å²) in [5.74, 6) is 0.0920. The molecular weight excluding hydrogens is 450 g/mol. The Bertz CT molecular complexity index is 1360. The number of amides is 1. The average Bonchev–Trinajstić information content (AvgIpc) is 3.28. The molecule has 0 bridgehead atoms. The molecule has 5 nitrogen and oxygen atoms in total. The van der Waals surface area contributed by atoms with E-state index in [1.807, 2.05) is 42.6 Å². The van der Waals surface area contributed by atoms with E-state index < -0.39 is 0 Å². The van der Waals surface area contributed by atoms with Gasteiger partial charge in [-0.25, -0.2) is 4.98 Å². The lowest BCUT2D eigenvalue weighted by Gasteiger charge is -2.16. The molecule has 0 spiro atoms. The number of rotatable bonds is 6. The lowest BCUT2D eigenvalue weighted by atomic mass is 9.89. The van der Waals surface area contributed by atoms with Gasteiger partial charge >= 0.3 is 0 Å². The van der Waals surface area contributed by atoms with Crippen molar-refractivity contribution in [2.45, 2.75) is 43.8 Å². The number of carbonyl (C=O) groups is 1. The molecule has 1 amide bonds. The van der Waals surface area contributed by atoms with Crippen LogP contribution in [-0.2, 0) is 17.6 Å². The molecule has 2 N–H and O–H groups in total. The Hall–Kier alpha value is -2.90. The van der Waals surface area contributed by atoms with E-state index >= 15 is 0 Å². The zero-order valence-electron chi connectivity index (χ0n) is 18.4. The van der Waals surface area contributed by atoms with Gasteiger partial charge in [-0.05, 0) is 54.9 Å². The van der Waals surface area contributed by atoms with Crippen molar-refractivity contribution in [3.8, 4) is 11.1 Å². The van der Waals surface area contributed by atoms with E-state index in [-0.39, 0.29) is 23.3 Å². The normalized spacial score (nSPS) is 14.1. The number of fused-ring (bicyclic) bond motifs is 2. The summed E-state index contributed by atoms with van der Waals surface area (Å²) < 4.78 is 0. The molecule has 4 aromatic rings. The summed E-state index contributed by atoms with van der Waals surface area (Å²) in [6, 6.07) is 16.3. The van der Waals surface area contributed by atoms with Gasteiger partial charge in [-0.3, -0.25) is 9.59 Å². The van der Waals surface area contributed by atoms with Crippen molar-refractivity contribution in [1.29, 1.82) is 0 Å². The first-order chi connectivity index (χ1) is 16.1. The van der Waals surface area contributed by atoms with Gasteiger partial charge in [0.15, 0.2) is 5.16 Å². The van der Waals surface area contributed by atoms with Gasteiger partial charge in [-0.1, -0.05) is 60.3 Å². The molecule has 1 aliphatic carbocycles. The Morgan fingerprint density at radius 2 is 1.94 bits per heavy atom. The average molecular weight is 476 g/mol. The first-order valence-electron chi connectivity index (χ1n) is 11.2. The molecule has 5 rings (SSSR count). The van der Waals surface area contributed by atoms with E-state index in [2.05, 4.69) is 33.5 Å². The minimum Gasteiger partial charge on any atom is -0.349 e. The molecule has 2 aromatic carbocycles. The number of aromatic amines is 1. The van der Waals surface area contributed by atoms with E-state index in [1.165, 1.54) is 47.1 Å². The number of carbonyl (C=O) groups excluding carboxylic acids is 1. The summed E-state index contributed by atoms with van der Waals surface area (Å²) in [4.78, 5) is 33.6. The summed E-state index contributed by atoms with van der Waals surface area (Å²) in [6.07, 6.45) is 4.72. The highest BCUT2D eigenvalue weighted by molar-refractivity contribution is 7.99. The third kappa shape index (κ3) is 4.75. The molecule has 0 aliphatic heterocycles. The van der Waals surface area contributed by atoms with Gasteiger partial charge in [0.25, 0.3) is 5.56 Å². The molecule has 2 aromatic heterocycles. The summed E-state index contributed by atoms with van der Waals surface area (Å²) in [6.45, 7) is 1.96. The molecule has 0 saturated heterocycles. The molecule has 168 valence electrons. The fourth-order valence-corrected chi connectivity index (χ4v) is 6.03. The highest BCUT2D eigenvalue weighted by Crippen LogP contribution is 2.34. The topological polar surface area (TPSA) is 74.8 Å². The maximum atomic E-state index is 12.9. The number of aromatic nitrogens is 2. The van der Waals surface area contributed by atoms with Crippen LogP contribution in [0.5, 0.6) is 0 Å². The van der Waals surface area contributed by atoms with Crippen LogP contribution in [-0.4, -0.2) is 21.6 Å². The SMILES string of the molecule is CC(NC(=O)CSc1nc2scc(-c3ccc4c(c3)CCCC4)c2c(=O)[nH]1)c1ccccc1. The van der Waals surface area contributed by atoms with E-state index in [1.54, 1.807) is 0 Å². The summed E-state index contributed by atoms with van der Waals surface area (Å²) in [5, 5.41) is 6.10.